The van der Waals surface area contributed by atoms with Crippen molar-refractivity contribution in [2.75, 3.05) is 11.9 Å². The van der Waals surface area contributed by atoms with Crippen LogP contribution >= 0.6 is 31.9 Å². The Labute approximate surface area is 120 Å². The summed E-state index contributed by atoms with van der Waals surface area (Å²) >= 11 is 7.04. The molecule has 0 aromatic carbocycles. The molecule has 1 aliphatic rings. The molecule has 1 heterocycles. The smallest absolute Gasteiger partial charge is 0.0410 e. The lowest BCUT2D eigenvalue weighted by molar-refractivity contribution is 0.202. The average Bonchev–Trinajstić information content (AvgIpc) is 2.82. The van der Waals surface area contributed by atoms with E-state index in [0.717, 1.165) is 28.9 Å². The first-order valence-electron chi connectivity index (χ1n) is 6.19. The Balaban J connectivity index is 2.01. The van der Waals surface area contributed by atoms with Crippen LogP contribution in [0.3, 0.4) is 0 Å². The SMILES string of the molecule is BrCCN(Cc1cncc(Br)c1)C1CCCC1. The molecule has 0 saturated heterocycles. The topological polar surface area (TPSA) is 16.1 Å². The van der Waals surface area contributed by atoms with Crippen LogP contribution in [0.5, 0.6) is 0 Å². The molecule has 1 aromatic heterocycles. The summed E-state index contributed by atoms with van der Waals surface area (Å²) in [6, 6.07) is 2.94. The zero-order valence-corrected chi connectivity index (χ0v) is 13.1. The maximum absolute atomic E-state index is 4.24. The van der Waals surface area contributed by atoms with Crippen LogP contribution in [0, 0.1) is 0 Å². The Hall–Kier alpha value is 0.0700. The number of pyridine rings is 1. The van der Waals surface area contributed by atoms with Crippen LogP contribution < -0.4 is 0 Å². The van der Waals surface area contributed by atoms with Gasteiger partial charge in [-0.05, 0) is 40.4 Å². The first kappa shape index (κ1) is 13.5. The number of aromatic nitrogens is 1. The van der Waals surface area contributed by atoms with Crippen molar-refractivity contribution >= 4 is 31.9 Å². The summed E-state index contributed by atoms with van der Waals surface area (Å²) in [5.74, 6) is 0. The van der Waals surface area contributed by atoms with Crippen LogP contribution in [-0.4, -0.2) is 27.8 Å². The molecule has 0 bridgehead atoms. The van der Waals surface area contributed by atoms with Crippen LogP contribution in [0.25, 0.3) is 0 Å². The predicted octanol–water partition coefficient (Wildman–Crippen LogP) is 3.98. The standard InChI is InChI=1S/C13H18Br2N2/c14-5-6-17(13-3-1-2-4-13)10-11-7-12(15)9-16-8-11/h7-9,13H,1-6,10H2. The predicted molar refractivity (Wildman–Crippen MR) is 78.4 cm³/mol. The summed E-state index contributed by atoms with van der Waals surface area (Å²) < 4.78 is 1.07. The largest absolute Gasteiger partial charge is 0.295 e. The number of rotatable bonds is 5. The third-order valence-electron chi connectivity index (χ3n) is 3.36. The van der Waals surface area contributed by atoms with Gasteiger partial charge in [-0.15, -0.1) is 0 Å². The first-order chi connectivity index (χ1) is 8.29. The van der Waals surface area contributed by atoms with E-state index in [-0.39, 0.29) is 0 Å². The minimum Gasteiger partial charge on any atom is -0.295 e. The molecule has 2 rings (SSSR count). The average molecular weight is 362 g/mol. The van der Waals surface area contributed by atoms with Crippen LogP contribution in [-0.2, 0) is 6.54 Å². The van der Waals surface area contributed by atoms with Gasteiger partial charge in [0.05, 0.1) is 0 Å². The van der Waals surface area contributed by atoms with E-state index in [1.807, 2.05) is 12.4 Å². The second-order valence-electron chi connectivity index (χ2n) is 4.61. The van der Waals surface area contributed by atoms with Gasteiger partial charge in [0, 0.05) is 41.3 Å². The fourth-order valence-corrected chi connectivity index (χ4v) is 3.41. The quantitative estimate of drug-likeness (QED) is 0.737. The number of alkyl halides is 1. The lowest BCUT2D eigenvalue weighted by Gasteiger charge is -2.28. The third-order valence-corrected chi connectivity index (χ3v) is 4.15. The number of nitrogens with zero attached hydrogens (tertiary/aromatic N) is 2. The van der Waals surface area contributed by atoms with Crippen molar-refractivity contribution in [3.05, 3.63) is 28.5 Å². The molecule has 4 heteroatoms. The van der Waals surface area contributed by atoms with Gasteiger partial charge in [-0.2, -0.15) is 0 Å². The second-order valence-corrected chi connectivity index (χ2v) is 6.32. The Morgan fingerprint density at radius 3 is 2.71 bits per heavy atom. The minimum absolute atomic E-state index is 0.770. The molecule has 17 heavy (non-hydrogen) atoms. The van der Waals surface area contributed by atoms with Crippen LogP contribution in [0.15, 0.2) is 22.9 Å². The molecular formula is C13H18Br2N2. The van der Waals surface area contributed by atoms with Gasteiger partial charge in [-0.3, -0.25) is 9.88 Å². The van der Waals surface area contributed by atoms with Gasteiger partial charge in [0.15, 0.2) is 0 Å². The van der Waals surface area contributed by atoms with Crippen LogP contribution in [0.4, 0.5) is 0 Å². The molecule has 94 valence electrons. The highest BCUT2D eigenvalue weighted by atomic mass is 79.9. The number of hydrogen-bond donors (Lipinski definition) is 0. The van der Waals surface area contributed by atoms with E-state index in [4.69, 9.17) is 0 Å². The molecule has 0 spiro atoms. The van der Waals surface area contributed by atoms with Crippen molar-refractivity contribution in [1.82, 2.24) is 9.88 Å². The highest BCUT2D eigenvalue weighted by Gasteiger charge is 2.22. The van der Waals surface area contributed by atoms with E-state index in [2.05, 4.69) is 47.8 Å². The van der Waals surface area contributed by atoms with Crippen molar-refractivity contribution in [3.63, 3.8) is 0 Å². The summed E-state index contributed by atoms with van der Waals surface area (Å²) in [5.41, 5.74) is 1.30. The Kier molecular flexibility index (Phi) is 5.45. The van der Waals surface area contributed by atoms with Crippen molar-refractivity contribution < 1.29 is 0 Å². The van der Waals surface area contributed by atoms with E-state index in [0.29, 0.717) is 0 Å². The van der Waals surface area contributed by atoms with Gasteiger partial charge in [0.2, 0.25) is 0 Å². The minimum atomic E-state index is 0.770. The van der Waals surface area contributed by atoms with Gasteiger partial charge in [-0.25, -0.2) is 0 Å². The maximum atomic E-state index is 4.24. The molecule has 0 atom stereocenters. The lowest BCUT2D eigenvalue weighted by atomic mass is 10.2. The van der Waals surface area contributed by atoms with Gasteiger partial charge >= 0.3 is 0 Å². The van der Waals surface area contributed by atoms with Gasteiger partial charge in [0.25, 0.3) is 0 Å². The molecule has 0 aliphatic heterocycles. The Morgan fingerprint density at radius 2 is 2.06 bits per heavy atom. The molecule has 0 unspecified atom stereocenters. The van der Waals surface area contributed by atoms with Crippen LogP contribution in [0.2, 0.25) is 0 Å². The zero-order chi connectivity index (χ0) is 12.1. The monoisotopic (exact) mass is 360 g/mol. The molecule has 1 aliphatic carbocycles. The van der Waals surface area contributed by atoms with E-state index in [9.17, 15) is 0 Å². The lowest BCUT2D eigenvalue weighted by Crippen LogP contribution is -2.34. The molecule has 0 amide bonds. The molecule has 1 fully saturated rings. The Morgan fingerprint density at radius 1 is 1.29 bits per heavy atom. The van der Waals surface area contributed by atoms with Crippen molar-refractivity contribution in [1.29, 1.82) is 0 Å². The maximum Gasteiger partial charge on any atom is 0.0410 e. The fraction of sp³-hybridized carbons (Fsp3) is 0.615. The summed E-state index contributed by atoms with van der Waals surface area (Å²) in [6.45, 7) is 2.14. The number of hydrogen-bond acceptors (Lipinski definition) is 2. The zero-order valence-electron chi connectivity index (χ0n) is 9.91. The molecule has 1 saturated carbocycles. The highest BCUT2D eigenvalue weighted by Crippen LogP contribution is 2.25. The van der Waals surface area contributed by atoms with Crippen molar-refractivity contribution in [3.8, 4) is 0 Å². The molecular weight excluding hydrogens is 344 g/mol. The molecule has 2 nitrogen and oxygen atoms in total. The summed E-state index contributed by atoms with van der Waals surface area (Å²) in [5, 5.41) is 1.05. The number of halogens is 2. The van der Waals surface area contributed by atoms with E-state index in [1.165, 1.54) is 31.2 Å². The van der Waals surface area contributed by atoms with Crippen LogP contribution in [0.1, 0.15) is 31.2 Å². The Bertz CT molecular complexity index is 351. The van der Waals surface area contributed by atoms with Crippen molar-refractivity contribution in [2.45, 2.75) is 38.3 Å². The van der Waals surface area contributed by atoms with Gasteiger partial charge in [-0.1, -0.05) is 28.8 Å². The van der Waals surface area contributed by atoms with Crippen molar-refractivity contribution in [2.24, 2.45) is 0 Å². The van der Waals surface area contributed by atoms with E-state index in [1.54, 1.807) is 0 Å². The normalized spacial score (nSPS) is 16.9. The third kappa shape index (κ3) is 4.04. The first-order valence-corrected chi connectivity index (χ1v) is 8.10. The molecule has 1 aromatic rings. The summed E-state index contributed by atoms with van der Waals surface area (Å²) in [6.07, 6.45) is 9.30. The second kappa shape index (κ2) is 6.86. The summed E-state index contributed by atoms with van der Waals surface area (Å²) in [7, 11) is 0. The fourth-order valence-electron chi connectivity index (χ4n) is 2.55. The molecule has 0 N–H and O–H groups in total. The van der Waals surface area contributed by atoms with Gasteiger partial charge < -0.3 is 0 Å². The molecule has 0 radical (unpaired) electrons. The van der Waals surface area contributed by atoms with Gasteiger partial charge in [0.1, 0.15) is 0 Å². The van der Waals surface area contributed by atoms with E-state index >= 15 is 0 Å². The van der Waals surface area contributed by atoms with E-state index < -0.39 is 0 Å². The highest BCUT2D eigenvalue weighted by molar-refractivity contribution is 9.10. The summed E-state index contributed by atoms with van der Waals surface area (Å²) in [4.78, 5) is 6.83.